The monoisotopic (exact) mass is 413 g/mol. The van der Waals surface area contributed by atoms with Gasteiger partial charge in [-0.05, 0) is 37.1 Å². The molecule has 1 fully saturated rings. The lowest BCUT2D eigenvalue weighted by atomic mass is 9.95. The quantitative estimate of drug-likeness (QED) is 0.581. The normalized spacial score (nSPS) is 15.7. The van der Waals surface area contributed by atoms with Gasteiger partial charge in [-0.15, -0.1) is 0 Å². The highest BCUT2D eigenvalue weighted by molar-refractivity contribution is 5.99. The van der Waals surface area contributed by atoms with E-state index in [-0.39, 0.29) is 48.7 Å². The number of nitrogens with zero attached hydrogens (tertiary/aromatic N) is 2. The number of hydrogen-bond acceptors (Lipinski definition) is 7. The number of aromatic hydroxyl groups is 1. The molecule has 1 saturated heterocycles. The molecule has 0 unspecified atom stereocenters. The predicted molar refractivity (Wildman–Crippen MR) is 105 cm³/mol. The Labute approximate surface area is 171 Å². The van der Waals surface area contributed by atoms with Crippen molar-refractivity contribution < 1.29 is 29.1 Å². The number of anilines is 1. The van der Waals surface area contributed by atoms with E-state index in [2.05, 4.69) is 5.32 Å². The lowest BCUT2D eigenvalue weighted by Crippen LogP contribution is -2.41. The highest BCUT2D eigenvalue weighted by Gasteiger charge is 2.31. The van der Waals surface area contributed by atoms with Crippen LogP contribution in [0.15, 0.2) is 36.4 Å². The standard InChI is InChI=1S/C20H19N3O7/c24-14-2-3-16(23(27)28)15(10-14)20(26)22-7-5-12(6-8-22)19(25)21-13-1-4-17-18(9-13)30-11-29-17/h1-4,9-10,12,24H,5-8,11H2,(H,21,25). The third kappa shape index (κ3) is 3.84. The van der Waals surface area contributed by atoms with Crippen LogP contribution in [0.3, 0.4) is 0 Å². The molecule has 0 saturated carbocycles. The van der Waals surface area contributed by atoms with Gasteiger partial charge < -0.3 is 24.8 Å². The van der Waals surface area contributed by atoms with Crippen LogP contribution in [0.2, 0.25) is 0 Å². The number of fused-ring (bicyclic) bond motifs is 1. The molecular weight excluding hydrogens is 394 g/mol. The maximum atomic E-state index is 12.7. The minimum absolute atomic E-state index is 0.149. The van der Waals surface area contributed by atoms with Crippen molar-refractivity contribution in [2.75, 3.05) is 25.2 Å². The smallest absolute Gasteiger partial charge is 0.282 e. The number of carbonyl (C=O) groups excluding carboxylic acids is 2. The van der Waals surface area contributed by atoms with Crippen molar-refractivity contribution in [3.05, 3.63) is 52.1 Å². The minimum Gasteiger partial charge on any atom is -0.508 e. The predicted octanol–water partition coefficient (Wildman–Crippen LogP) is 2.52. The van der Waals surface area contributed by atoms with Crippen LogP contribution < -0.4 is 14.8 Å². The molecule has 4 rings (SSSR count). The number of benzene rings is 2. The average Bonchev–Trinajstić information content (AvgIpc) is 3.21. The number of nitro benzene ring substituents is 1. The largest absolute Gasteiger partial charge is 0.508 e. The number of nitro groups is 1. The number of phenolic OH excluding ortho intramolecular Hbond substituents is 1. The van der Waals surface area contributed by atoms with Crippen molar-refractivity contribution in [3.8, 4) is 17.2 Å². The van der Waals surface area contributed by atoms with Gasteiger partial charge in [-0.2, -0.15) is 0 Å². The fraction of sp³-hybridized carbons (Fsp3) is 0.300. The second kappa shape index (κ2) is 7.90. The fourth-order valence-electron chi connectivity index (χ4n) is 3.59. The Morgan fingerprint density at radius 1 is 1.10 bits per heavy atom. The van der Waals surface area contributed by atoms with Crippen molar-refractivity contribution >= 4 is 23.2 Å². The molecule has 2 aromatic carbocycles. The first kappa shape index (κ1) is 19.5. The highest BCUT2D eigenvalue weighted by Crippen LogP contribution is 2.34. The van der Waals surface area contributed by atoms with Crippen LogP contribution in [0.25, 0.3) is 0 Å². The average molecular weight is 413 g/mol. The summed E-state index contributed by atoms with van der Waals surface area (Å²) >= 11 is 0. The highest BCUT2D eigenvalue weighted by atomic mass is 16.7. The maximum absolute atomic E-state index is 12.7. The molecule has 2 aliphatic heterocycles. The van der Waals surface area contributed by atoms with Crippen LogP contribution in [0, 0.1) is 16.0 Å². The lowest BCUT2D eigenvalue weighted by molar-refractivity contribution is -0.385. The maximum Gasteiger partial charge on any atom is 0.282 e. The molecule has 2 aliphatic rings. The van der Waals surface area contributed by atoms with Gasteiger partial charge in [0.1, 0.15) is 11.3 Å². The van der Waals surface area contributed by atoms with Gasteiger partial charge in [0.2, 0.25) is 12.7 Å². The molecule has 156 valence electrons. The molecule has 0 aromatic heterocycles. The molecule has 0 bridgehead atoms. The van der Waals surface area contributed by atoms with Crippen LogP contribution in [0.4, 0.5) is 11.4 Å². The molecule has 30 heavy (non-hydrogen) atoms. The number of rotatable bonds is 4. The van der Waals surface area contributed by atoms with E-state index in [9.17, 15) is 24.8 Å². The van der Waals surface area contributed by atoms with E-state index in [1.54, 1.807) is 18.2 Å². The number of ether oxygens (including phenoxy) is 2. The fourth-order valence-corrected chi connectivity index (χ4v) is 3.59. The number of piperidine rings is 1. The van der Waals surface area contributed by atoms with E-state index in [0.29, 0.717) is 30.0 Å². The zero-order valence-electron chi connectivity index (χ0n) is 15.9. The van der Waals surface area contributed by atoms with Crippen LogP contribution in [0.5, 0.6) is 17.2 Å². The van der Waals surface area contributed by atoms with Crippen molar-refractivity contribution in [1.29, 1.82) is 0 Å². The summed E-state index contributed by atoms with van der Waals surface area (Å²) in [5, 5.41) is 23.7. The molecule has 0 atom stereocenters. The van der Waals surface area contributed by atoms with Gasteiger partial charge in [0.05, 0.1) is 4.92 Å². The molecule has 0 radical (unpaired) electrons. The molecule has 10 nitrogen and oxygen atoms in total. The van der Waals surface area contributed by atoms with Crippen LogP contribution in [-0.2, 0) is 4.79 Å². The van der Waals surface area contributed by atoms with Crippen molar-refractivity contribution in [2.24, 2.45) is 5.92 Å². The third-order valence-electron chi connectivity index (χ3n) is 5.20. The van der Waals surface area contributed by atoms with Gasteiger partial charge in [-0.3, -0.25) is 19.7 Å². The summed E-state index contributed by atoms with van der Waals surface area (Å²) in [4.78, 5) is 37.3. The number of amides is 2. The summed E-state index contributed by atoms with van der Waals surface area (Å²) in [5.41, 5.74) is 0.0712. The van der Waals surface area contributed by atoms with Gasteiger partial charge in [-0.25, -0.2) is 0 Å². The molecule has 10 heteroatoms. The first-order valence-electron chi connectivity index (χ1n) is 9.39. The Morgan fingerprint density at radius 3 is 2.57 bits per heavy atom. The molecule has 0 spiro atoms. The molecule has 0 aliphatic carbocycles. The van der Waals surface area contributed by atoms with Crippen LogP contribution >= 0.6 is 0 Å². The SMILES string of the molecule is O=C(Nc1ccc2c(c1)OCO2)C1CCN(C(=O)c2cc(O)ccc2[N+](=O)[O-])CC1. The zero-order chi connectivity index (χ0) is 21.3. The van der Waals surface area contributed by atoms with Gasteiger partial charge >= 0.3 is 0 Å². The molecular formula is C20H19N3O7. The Bertz CT molecular complexity index is 1020. The summed E-state index contributed by atoms with van der Waals surface area (Å²) in [5.74, 6) is -0.0149. The van der Waals surface area contributed by atoms with Crippen molar-refractivity contribution in [3.63, 3.8) is 0 Å². The Hall–Kier alpha value is -3.82. The number of likely N-dealkylation sites (tertiary alicyclic amines) is 1. The summed E-state index contributed by atoms with van der Waals surface area (Å²) in [6.07, 6.45) is 0.851. The summed E-state index contributed by atoms with van der Waals surface area (Å²) < 4.78 is 10.5. The third-order valence-corrected chi connectivity index (χ3v) is 5.20. The van der Waals surface area contributed by atoms with E-state index in [0.717, 1.165) is 12.1 Å². The molecule has 2 aromatic rings. The second-order valence-electron chi connectivity index (χ2n) is 7.08. The minimum atomic E-state index is -0.655. The van der Waals surface area contributed by atoms with Crippen LogP contribution in [0.1, 0.15) is 23.2 Å². The van der Waals surface area contributed by atoms with E-state index in [1.807, 2.05) is 0 Å². The first-order valence-corrected chi connectivity index (χ1v) is 9.39. The van der Waals surface area contributed by atoms with E-state index in [4.69, 9.17) is 9.47 Å². The Morgan fingerprint density at radius 2 is 1.83 bits per heavy atom. The Kier molecular flexibility index (Phi) is 5.13. The zero-order valence-corrected chi connectivity index (χ0v) is 15.9. The number of hydrogen-bond donors (Lipinski definition) is 2. The van der Waals surface area contributed by atoms with Crippen molar-refractivity contribution in [1.82, 2.24) is 4.90 Å². The number of nitrogens with one attached hydrogen (secondary N) is 1. The summed E-state index contributed by atoms with van der Waals surface area (Å²) in [7, 11) is 0. The topological polar surface area (TPSA) is 131 Å². The summed E-state index contributed by atoms with van der Waals surface area (Å²) in [6, 6.07) is 8.51. The van der Waals surface area contributed by atoms with Gasteiger partial charge in [0.15, 0.2) is 11.5 Å². The van der Waals surface area contributed by atoms with E-state index >= 15 is 0 Å². The Balaban J connectivity index is 1.38. The van der Waals surface area contributed by atoms with E-state index in [1.165, 1.54) is 11.0 Å². The van der Waals surface area contributed by atoms with E-state index < -0.39 is 10.8 Å². The second-order valence-corrected chi connectivity index (χ2v) is 7.08. The molecule has 2 amide bonds. The van der Waals surface area contributed by atoms with Gasteiger partial charge in [-0.1, -0.05) is 0 Å². The van der Waals surface area contributed by atoms with Gasteiger partial charge in [0, 0.05) is 36.8 Å². The number of carbonyl (C=O) groups is 2. The van der Waals surface area contributed by atoms with Gasteiger partial charge in [0.25, 0.3) is 11.6 Å². The molecule has 2 N–H and O–H groups in total. The lowest BCUT2D eigenvalue weighted by Gasteiger charge is -2.31. The summed E-state index contributed by atoms with van der Waals surface area (Å²) in [6.45, 7) is 0.715. The van der Waals surface area contributed by atoms with Crippen molar-refractivity contribution in [2.45, 2.75) is 12.8 Å². The van der Waals surface area contributed by atoms with Crippen LogP contribution in [-0.4, -0.2) is 46.6 Å². The number of phenols is 1. The first-order chi connectivity index (χ1) is 14.4. The molecule has 2 heterocycles.